The molecule has 1 fully saturated rings. The molecule has 1 aromatic rings. The number of carbonyl (C=O) groups excluding carboxylic acids is 3. The minimum absolute atomic E-state index is 0.129. The molecule has 1 N–H and O–H groups in total. The van der Waals surface area contributed by atoms with Crippen molar-refractivity contribution in [1.29, 1.82) is 0 Å². The second-order valence-corrected chi connectivity index (χ2v) is 5.49. The standard InChI is InChI=1S/C16H19N3O4/c20-14-12-4-1-2-5-13(12)15(21)19(14)7-3-6-17-16(22)18-8-10-23-11-9-18/h1-2,4-5H,3,6-11H2,(H,17,22). The van der Waals surface area contributed by atoms with Crippen LogP contribution in [0.3, 0.4) is 0 Å². The maximum atomic E-state index is 12.2. The smallest absolute Gasteiger partial charge is 0.317 e. The van der Waals surface area contributed by atoms with E-state index in [2.05, 4.69) is 5.32 Å². The predicted molar refractivity (Wildman–Crippen MR) is 82.2 cm³/mol. The van der Waals surface area contributed by atoms with Gasteiger partial charge in [-0.3, -0.25) is 14.5 Å². The van der Waals surface area contributed by atoms with Crippen LogP contribution in [0.4, 0.5) is 4.79 Å². The summed E-state index contributed by atoms with van der Waals surface area (Å²) in [5.74, 6) is -0.518. The fraction of sp³-hybridized carbons (Fsp3) is 0.438. The Bertz CT molecular complexity index is 591. The number of amides is 4. The molecule has 0 bridgehead atoms. The van der Waals surface area contributed by atoms with E-state index in [1.54, 1.807) is 29.2 Å². The van der Waals surface area contributed by atoms with Gasteiger partial charge in [0, 0.05) is 26.2 Å². The van der Waals surface area contributed by atoms with Crippen molar-refractivity contribution in [2.75, 3.05) is 39.4 Å². The minimum Gasteiger partial charge on any atom is -0.378 e. The summed E-state index contributed by atoms with van der Waals surface area (Å²) in [4.78, 5) is 39.2. The Morgan fingerprint density at radius 1 is 1.09 bits per heavy atom. The zero-order valence-electron chi connectivity index (χ0n) is 12.8. The first-order valence-electron chi connectivity index (χ1n) is 7.74. The van der Waals surface area contributed by atoms with Crippen molar-refractivity contribution in [3.63, 3.8) is 0 Å². The summed E-state index contributed by atoms with van der Waals surface area (Å²) < 4.78 is 5.19. The lowest BCUT2D eigenvalue weighted by molar-refractivity contribution is 0.0531. The Hall–Kier alpha value is -2.41. The van der Waals surface area contributed by atoms with Gasteiger partial charge in [0.15, 0.2) is 0 Å². The maximum absolute atomic E-state index is 12.2. The van der Waals surface area contributed by atoms with E-state index in [0.29, 0.717) is 56.9 Å². The van der Waals surface area contributed by atoms with Gasteiger partial charge in [-0.1, -0.05) is 12.1 Å². The number of ether oxygens (including phenoxy) is 1. The molecule has 0 spiro atoms. The molecular formula is C16H19N3O4. The number of imide groups is 1. The highest BCUT2D eigenvalue weighted by molar-refractivity contribution is 6.21. The Morgan fingerprint density at radius 3 is 2.30 bits per heavy atom. The highest BCUT2D eigenvalue weighted by Crippen LogP contribution is 2.22. The van der Waals surface area contributed by atoms with Gasteiger partial charge < -0.3 is 15.0 Å². The zero-order valence-corrected chi connectivity index (χ0v) is 12.8. The molecule has 2 aliphatic heterocycles. The van der Waals surface area contributed by atoms with Gasteiger partial charge in [0.25, 0.3) is 11.8 Å². The maximum Gasteiger partial charge on any atom is 0.317 e. The van der Waals surface area contributed by atoms with Crippen LogP contribution in [-0.4, -0.2) is 67.0 Å². The fourth-order valence-electron chi connectivity index (χ4n) is 2.75. The van der Waals surface area contributed by atoms with Crippen molar-refractivity contribution in [3.05, 3.63) is 35.4 Å². The van der Waals surface area contributed by atoms with Crippen molar-refractivity contribution in [1.82, 2.24) is 15.1 Å². The zero-order chi connectivity index (χ0) is 16.2. The molecule has 0 aromatic heterocycles. The normalized spacial score (nSPS) is 17.4. The predicted octanol–water partition coefficient (Wildman–Crippen LogP) is 0.715. The van der Waals surface area contributed by atoms with E-state index in [0.717, 1.165) is 0 Å². The number of fused-ring (bicyclic) bond motifs is 1. The number of urea groups is 1. The summed E-state index contributed by atoms with van der Waals surface area (Å²) in [7, 11) is 0. The molecule has 2 heterocycles. The van der Waals surface area contributed by atoms with Gasteiger partial charge in [-0.25, -0.2) is 4.79 Å². The molecule has 4 amide bonds. The van der Waals surface area contributed by atoms with Crippen LogP contribution in [0.5, 0.6) is 0 Å². The summed E-state index contributed by atoms with van der Waals surface area (Å²) in [6.45, 7) is 3.01. The lowest BCUT2D eigenvalue weighted by Crippen LogP contribution is -2.46. The topological polar surface area (TPSA) is 79.0 Å². The van der Waals surface area contributed by atoms with Crippen LogP contribution in [0.15, 0.2) is 24.3 Å². The molecule has 7 heteroatoms. The highest BCUT2D eigenvalue weighted by atomic mass is 16.5. The van der Waals surface area contributed by atoms with Crippen LogP contribution in [0.1, 0.15) is 27.1 Å². The van der Waals surface area contributed by atoms with Crippen molar-refractivity contribution in [3.8, 4) is 0 Å². The first-order chi connectivity index (χ1) is 11.2. The van der Waals surface area contributed by atoms with Gasteiger partial charge >= 0.3 is 6.03 Å². The summed E-state index contributed by atoms with van der Waals surface area (Å²) in [5, 5.41) is 2.81. The average molecular weight is 317 g/mol. The number of morpholine rings is 1. The van der Waals surface area contributed by atoms with Crippen LogP contribution in [-0.2, 0) is 4.74 Å². The third-order valence-corrected chi connectivity index (χ3v) is 4.01. The van der Waals surface area contributed by atoms with E-state index in [4.69, 9.17) is 4.74 Å². The fourth-order valence-corrected chi connectivity index (χ4v) is 2.75. The van der Waals surface area contributed by atoms with Crippen LogP contribution in [0.25, 0.3) is 0 Å². The molecule has 0 radical (unpaired) electrons. The third-order valence-electron chi connectivity index (χ3n) is 4.01. The molecule has 122 valence electrons. The molecule has 0 saturated carbocycles. The number of rotatable bonds is 4. The number of nitrogens with zero attached hydrogens (tertiary/aromatic N) is 2. The van der Waals surface area contributed by atoms with Gasteiger partial charge in [-0.15, -0.1) is 0 Å². The largest absolute Gasteiger partial charge is 0.378 e. The van der Waals surface area contributed by atoms with E-state index >= 15 is 0 Å². The Balaban J connectivity index is 1.46. The van der Waals surface area contributed by atoms with Crippen LogP contribution in [0, 0.1) is 0 Å². The van der Waals surface area contributed by atoms with Crippen molar-refractivity contribution in [2.45, 2.75) is 6.42 Å². The number of nitrogens with one attached hydrogen (secondary N) is 1. The SMILES string of the molecule is O=C(NCCCN1C(=O)c2ccccc2C1=O)N1CCOCC1. The molecule has 1 saturated heterocycles. The Morgan fingerprint density at radius 2 is 1.70 bits per heavy atom. The van der Waals surface area contributed by atoms with Crippen LogP contribution >= 0.6 is 0 Å². The monoisotopic (exact) mass is 317 g/mol. The summed E-state index contributed by atoms with van der Waals surface area (Å²) >= 11 is 0. The Kier molecular flexibility index (Phi) is 4.57. The molecule has 0 unspecified atom stereocenters. The number of benzene rings is 1. The van der Waals surface area contributed by atoms with E-state index < -0.39 is 0 Å². The molecule has 3 rings (SSSR count). The lowest BCUT2D eigenvalue weighted by atomic mass is 10.1. The number of carbonyl (C=O) groups is 3. The Labute approximate surface area is 134 Å². The van der Waals surface area contributed by atoms with E-state index in [1.807, 2.05) is 0 Å². The van der Waals surface area contributed by atoms with Crippen molar-refractivity contribution >= 4 is 17.8 Å². The van der Waals surface area contributed by atoms with Crippen LogP contribution in [0.2, 0.25) is 0 Å². The van der Waals surface area contributed by atoms with Gasteiger partial charge in [-0.05, 0) is 18.6 Å². The second-order valence-electron chi connectivity index (χ2n) is 5.49. The van der Waals surface area contributed by atoms with E-state index in [9.17, 15) is 14.4 Å². The molecule has 2 aliphatic rings. The lowest BCUT2D eigenvalue weighted by Gasteiger charge is -2.27. The second kappa shape index (κ2) is 6.78. The number of hydrogen-bond acceptors (Lipinski definition) is 4. The van der Waals surface area contributed by atoms with Crippen molar-refractivity contribution in [2.24, 2.45) is 0 Å². The van der Waals surface area contributed by atoms with Gasteiger partial charge in [0.2, 0.25) is 0 Å². The summed E-state index contributed by atoms with van der Waals surface area (Å²) in [5.41, 5.74) is 0.907. The quantitative estimate of drug-likeness (QED) is 0.655. The van der Waals surface area contributed by atoms with E-state index in [-0.39, 0.29) is 17.8 Å². The molecule has 1 aromatic carbocycles. The molecule has 0 aliphatic carbocycles. The first-order valence-corrected chi connectivity index (χ1v) is 7.74. The van der Waals surface area contributed by atoms with Crippen LogP contribution < -0.4 is 5.32 Å². The number of hydrogen-bond donors (Lipinski definition) is 1. The minimum atomic E-state index is -0.259. The molecule has 0 atom stereocenters. The van der Waals surface area contributed by atoms with Gasteiger partial charge in [0.05, 0.1) is 24.3 Å². The summed E-state index contributed by atoms with van der Waals surface area (Å²) in [6.07, 6.45) is 0.529. The van der Waals surface area contributed by atoms with Gasteiger partial charge in [0.1, 0.15) is 0 Å². The molecule has 23 heavy (non-hydrogen) atoms. The first kappa shape index (κ1) is 15.5. The van der Waals surface area contributed by atoms with Crippen molar-refractivity contribution < 1.29 is 19.1 Å². The van der Waals surface area contributed by atoms with Gasteiger partial charge in [-0.2, -0.15) is 0 Å². The third kappa shape index (κ3) is 3.19. The average Bonchev–Trinajstić information content (AvgIpc) is 2.84. The summed E-state index contributed by atoms with van der Waals surface area (Å²) in [6, 6.07) is 6.69. The highest BCUT2D eigenvalue weighted by Gasteiger charge is 2.34. The molecule has 7 nitrogen and oxygen atoms in total. The molecular weight excluding hydrogens is 298 g/mol. The van der Waals surface area contributed by atoms with E-state index in [1.165, 1.54) is 4.90 Å².